The van der Waals surface area contributed by atoms with E-state index >= 15 is 0 Å². The molecule has 3 rings (SSSR count). The highest BCUT2D eigenvalue weighted by Crippen LogP contribution is 2.17. The van der Waals surface area contributed by atoms with Gasteiger partial charge in [0.2, 0.25) is 0 Å². The Labute approximate surface area is 163 Å². The average molecular weight is 375 g/mol. The molecular weight excluding hydrogens is 354 g/mol. The molecule has 6 heteroatoms. The zero-order valence-corrected chi connectivity index (χ0v) is 15.2. The Kier molecular flexibility index (Phi) is 6.25. The van der Waals surface area contributed by atoms with Crippen LogP contribution in [0.15, 0.2) is 84.9 Å². The number of ether oxygens (including phenoxy) is 1. The van der Waals surface area contributed by atoms with Gasteiger partial charge in [0.1, 0.15) is 5.75 Å². The van der Waals surface area contributed by atoms with Crippen molar-refractivity contribution in [2.45, 2.75) is 6.54 Å². The van der Waals surface area contributed by atoms with E-state index in [1.54, 1.807) is 29.3 Å². The van der Waals surface area contributed by atoms with Crippen molar-refractivity contribution < 1.29 is 14.3 Å². The molecule has 3 aromatic rings. The molecule has 0 saturated carbocycles. The van der Waals surface area contributed by atoms with Crippen LogP contribution >= 0.6 is 0 Å². The quantitative estimate of drug-likeness (QED) is 0.593. The topological polar surface area (TPSA) is 84.7 Å². The fourth-order valence-electron chi connectivity index (χ4n) is 2.64. The molecule has 0 unspecified atom stereocenters. The van der Waals surface area contributed by atoms with Crippen LogP contribution in [0.2, 0.25) is 0 Å². The standard InChI is InChI=1S/C22H21N3O3/c23-21(26)16-28-20-13-7-10-18(14-20)22(27)24-25(19-11-5-2-6-12-19)15-17-8-3-1-4-9-17/h1-14H,15-16H2,(H2,23,26)(H,24,27). The number of nitrogens with one attached hydrogen (secondary N) is 1. The van der Waals surface area contributed by atoms with Crippen molar-refractivity contribution in [2.75, 3.05) is 11.6 Å². The Hall–Kier alpha value is -3.80. The third kappa shape index (κ3) is 5.35. The molecular formula is C22H21N3O3. The molecule has 0 radical (unpaired) electrons. The number of anilines is 1. The second-order valence-corrected chi connectivity index (χ2v) is 6.13. The second kappa shape index (κ2) is 9.23. The van der Waals surface area contributed by atoms with Gasteiger partial charge in [0.15, 0.2) is 6.61 Å². The molecule has 0 bridgehead atoms. The molecule has 0 aliphatic rings. The van der Waals surface area contributed by atoms with E-state index in [0.29, 0.717) is 17.9 Å². The molecule has 0 saturated heterocycles. The zero-order valence-electron chi connectivity index (χ0n) is 15.2. The van der Waals surface area contributed by atoms with Crippen molar-refractivity contribution in [2.24, 2.45) is 5.73 Å². The van der Waals surface area contributed by atoms with Crippen LogP contribution in [0.3, 0.4) is 0 Å². The molecule has 2 amide bonds. The fourth-order valence-corrected chi connectivity index (χ4v) is 2.64. The zero-order chi connectivity index (χ0) is 19.8. The van der Waals surface area contributed by atoms with E-state index in [4.69, 9.17) is 10.5 Å². The smallest absolute Gasteiger partial charge is 0.269 e. The summed E-state index contributed by atoms with van der Waals surface area (Å²) in [5.41, 5.74) is 10.4. The SMILES string of the molecule is NC(=O)COc1cccc(C(=O)NN(Cc2ccccc2)c2ccccc2)c1. The van der Waals surface area contributed by atoms with Gasteiger partial charge in [0, 0.05) is 5.56 Å². The summed E-state index contributed by atoms with van der Waals surface area (Å²) < 4.78 is 5.28. The van der Waals surface area contributed by atoms with Crippen molar-refractivity contribution in [1.29, 1.82) is 0 Å². The minimum Gasteiger partial charge on any atom is -0.484 e. The van der Waals surface area contributed by atoms with Crippen LogP contribution in [-0.4, -0.2) is 18.4 Å². The largest absolute Gasteiger partial charge is 0.484 e. The van der Waals surface area contributed by atoms with Crippen LogP contribution in [0.5, 0.6) is 5.75 Å². The van der Waals surface area contributed by atoms with Gasteiger partial charge in [-0.05, 0) is 35.9 Å². The summed E-state index contributed by atoms with van der Waals surface area (Å²) in [5.74, 6) is -0.460. The molecule has 0 aromatic heterocycles. The van der Waals surface area contributed by atoms with Crippen molar-refractivity contribution in [3.8, 4) is 5.75 Å². The lowest BCUT2D eigenvalue weighted by molar-refractivity contribution is -0.119. The Morgan fingerprint density at radius 2 is 1.57 bits per heavy atom. The highest BCUT2D eigenvalue weighted by molar-refractivity contribution is 5.95. The summed E-state index contributed by atoms with van der Waals surface area (Å²) in [5, 5.41) is 1.79. The van der Waals surface area contributed by atoms with Crippen LogP contribution in [0.1, 0.15) is 15.9 Å². The van der Waals surface area contributed by atoms with Gasteiger partial charge < -0.3 is 10.5 Å². The second-order valence-electron chi connectivity index (χ2n) is 6.13. The number of carbonyl (C=O) groups excluding carboxylic acids is 2. The number of hydrogen-bond donors (Lipinski definition) is 2. The molecule has 3 aromatic carbocycles. The van der Waals surface area contributed by atoms with Crippen molar-refractivity contribution >= 4 is 17.5 Å². The Bertz CT molecular complexity index is 930. The number of primary amides is 1. The molecule has 0 aliphatic heterocycles. The van der Waals surface area contributed by atoms with E-state index in [9.17, 15) is 9.59 Å². The summed E-state index contributed by atoms with van der Waals surface area (Å²) in [7, 11) is 0. The molecule has 0 fully saturated rings. The predicted octanol–water partition coefficient (Wildman–Crippen LogP) is 2.90. The van der Waals surface area contributed by atoms with Gasteiger partial charge in [-0.2, -0.15) is 0 Å². The number of para-hydroxylation sites is 1. The average Bonchev–Trinajstić information content (AvgIpc) is 2.73. The summed E-state index contributed by atoms with van der Waals surface area (Å²) in [4.78, 5) is 23.7. The number of benzene rings is 3. The highest BCUT2D eigenvalue weighted by Gasteiger charge is 2.13. The van der Waals surface area contributed by atoms with Gasteiger partial charge in [0.25, 0.3) is 11.8 Å². The van der Waals surface area contributed by atoms with E-state index < -0.39 is 5.91 Å². The van der Waals surface area contributed by atoms with Crippen LogP contribution in [-0.2, 0) is 11.3 Å². The van der Waals surface area contributed by atoms with Crippen molar-refractivity contribution in [3.63, 3.8) is 0 Å². The van der Waals surface area contributed by atoms with E-state index in [1.807, 2.05) is 60.7 Å². The van der Waals surface area contributed by atoms with Crippen molar-refractivity contribution in [3.05, 3.63) is 96.1 Å². The number of amides is 2. The molecule has 142 valence electrons. The van der Waals surface area contributed by atoms with Crippen LogP contribution in [0.25, 0.3) is 0 Å². The lowest BCUT2D eigenvalue weighted by Crippen LogP contribution is -2.42. The maximum absolute atomic E-state index is 12.8. The van der Waals surface area contributed by atoms with Crippen molar-refractivity contribution in [1.82, 2.24) is 5.43 Å². The van der Waals surface area contributed by atoms with Gasteiger partial charge in [-0.25, -0.2) is 0 Å². The molecule has 6 nitrogen and oxygen atoms in total. The first kappa shape index (κ1) is 19.0. The first-order valence-electron chi connectivity index (χ1n) is 8.80. The van der Waals surface area contributed by atoms with E-state index in [2.05, 4.69) is 5.43 Å². The van der Waals surface area contributed by atoms with E-state index in [1.165, 1.54) is 0 Å². The number of hydrogen-bond acceptors (Lipinski definition) is 4. The number of nitrogens with zero attached hydrogens (tertiary/aromatic N) is 1. The molecule has 0 spiro atoms. The lowest BCUT2D eigenvalue weighted by atomic mass is 10.2. The first-order chi connectivity index (χ1) is 13.6. The van der Waals surface area contributed by atoms with Crippen LogP contribution in [0, 0.1) is 0 Å². The summed E-state index contributed by atoms with van der Waals surface area (Å²) in [6.45, 7) is 0.268. The maximum atomic E-state index is 12.8. The van der Waals surface area contributed by atoms with Crippen LogP contribution in [0.4, 0.5) is 5.69 Å². The van der Waals surface area contributed by atoms with Gasteiger partial charge >= 0.3 is 0 Å². The Balaban J connectivity index is 1.77. The first-order valence-corrected chi connectivity index (χ1v) is 8.80. The predicted molar refractivity (Wildman–Crippen MR) is 108 cm³/mol. The van der Waals surface area contributed by atoms with Gasteiger partial charge in [-0.15, -0.1) is 0 Å². The fraction of sp³-hybridized carbons (Fsp3) is 0.0909. The number of rotatable bonds is 8. The lowest BCUT2D eigenvalue weighted by Gasteiger charge is -2.25. The van der Waals surface area contributed by atoms with Gasteiger partial charge in [-0.3, -0.25) is 20.0 Å². The molecule has 0 heterocycles. The monoisotopic (exact) mass is 375 g/mol. The van der Waals surface area contributed by atoms with Gasteiger partial charge in [0.05, 0.1) is 12.2 Å². The third-order valence-electron chi connectivity index (χ3n) is 3.97. The minimum atomic E-state index is -0.576. The third-order valence-corrected chi connectivity index (χ3v) is 3.97. The normalized spacial score (nSPS) is 10.1. The summed E-state index contributed by atoms with van der Waals surface area (Å²) >= 11 is 0. The maximum Gasteiger partial charge on any atom is 0.269 e. The highest BCUT2D eigenvalue weighted by atomic mass is 16.5. The molecule has 0 atom stereocenters. The van der Waals surface area contributed by atoms with E-state index in [-0.39, 0.29) is 12.5 Å². The molecule has 28 heavy (non-hydrogen) atoms. The van der Waals surface area contributed by atoms with Gasteiger partial charge in [-0.1, -0.05) is 54.6 Å². The van der Waals surface area contributed by atoms with E-state index in [0.717, 1.165) is 11.3 Å². The Morgan fingerprint density at radius 3 is 2.25 bits per heavy atom. The number of carbonyl (C=O) groups is 2. The minimum absolute atomic E-state index is 0.241. The number of nitrogens with two attached hydrogens (primary N) is 1. The Morgan fingerprint density at radius 1 is 0.893 bits per heavy atom. The summed E-state index contributed by atoms with van der Waals surface area (Å²) in [6, 6.07) is 26.1. The molecule has 0 aliphatic carbocycles. The number of hydrazine groups is 1. The van der Waals surface area contributed by atoms with Crippen LogP contribution < -0.4 is 20.9 Å². The summed E-state index contributed by atoms with van der Waals surface area (Å²) in [6.07, 6.45) is 0. The molecule has 3 N–H and O–H groups in total.